The van der Waals surface area contributed by atoms with E-state index in [1.807, 2.05) is 29.8 Å². The van der Waals surface area contributed by atoms with Crippen molar-refractivity contribution in [3.05, 3.63) is 36.4 Å². The van der Waals surface area contributed by atoms with Gasteiger partial charge in [0.1, 0.15) is 18.7 Å². The van der Waals surface area contributed by atoms with Crippen LogP contribution in [0.3, 0.4) is 0 Å². The van der Waals surface area contributed by atoms with E-state index in [2.05, 4.69) is 20.7 Å². The Labute approximate surface area is 145 Å². The number of fused-ring (bicyclic) bond motifs is 2. The first-order chi connectivity index (χ1) is 12.1. The summed E-state index contributed by atoms with van der Waals surface area (Å²) in [6, 6.07) is 7.12. The Balaban J connectivity index is 1.47. The van der Waals surface area contributed by atoms with Gasteiger partial charge in [0.2, 0.25) is 11.8 Å². The smallest absolute Gasteiger partial charge is 0.244 e. The summed E-state index contributed by atoms with van der Waals surface area (Å²) in [5, 5.41) is 10.4. The highest BCUT2D eigenvalue weighted by Gasteiger charge is 2.31. The van der Waals surface area contributed by atoms with Crippen LogP contribution < -0.4 is 15.5 Å². The average molecular weight is 340 g/mol. The summed E-state index contributed by atoms with van der Waals surface area (Å²) in [6.45, 7) is 2.58. The summed E-state index contributed by atoms with van der Waals surface area (Å²) in [7, 11) is 0. The fourth-order valence-corrected chi connectivity index (χ4v) is 3.46. The molecule has 8 nitrogen and oxygen atoms in total. The number of aryl methyl sites for hydroxylation is 1. The number of rotatable bonds is 3. The number of nitrogens with zero attached hydrogens (tertiary/aromatic N) is 4. The van der Waals surface area contributed by atoms with Crippen molar-refractivity contribution in [1.29, 1.82) is 0 Å². The molecule has 0 fully saturated rings. The van der Waals surface area contributed by atoms with E-state index in [4.69, 9.17) is 0 Å². The van der Waals surface area contributed by atoms with Gasteiger partial charge in [-0.05, 0) is 25.5 Å². The lowest BCUT2D eigenvalue weighted by atomic mass is 10.1. The molecule has 2 amide bonds. The Bertz CT molecular complexity index is 817. The lowest BCUT2D eigenvalue weighted by Gasteiger charge is -2.33. The van der Waals surface area contributed by atoms with E-state index < -0.39 is 6.04 Å². The first kappa shape index (κ1) is 15.8. The van der Waals surface area contributed by atoms with Crippen LogP contribution in [0.1, 0.15) is 19.2 Å². The summed E-state index contributed by atoms with van der Waals surface area (Å²) in [4.78, 5) is 30.6. The molecule has 25 heavy (non-hydrogen) atoms. The number of hydrogen-bond acceptors (Lipinski definition) is 5. The van der Waals surface area contributed by atoms with Crippen molar-refractivity contribution in [3.8, 4) is 0 Å². The molecular weight excluding hydrogens is 320 g/mol. The fraction of sp³-hybridized carbons (Fsp3) is 0.412. The van der Waals surface area contributed by atoms with Gasteiger partial charge in [-0.2, -0.15) is 5.10 Å². The van der Waals surface area contributed by atoms with Gasteiger partial charge in [0.05, 0.1) is 24.0 Å². The Morgan fingerprint density at radius 2 is 2.24 bits per heavy atom. The van der Waals surface area contributed by atoms with Gasteiger partial charge in [0.15, 0.2) is 0 Å². The molecule has 1 aromatic heterocycles. The summed E-state index contributed by atoms with van der Waals surface area (Å²) in [5.74, 6) is 0.703. The number of para-hydroxylation sites is 2. The second kappa shape index (κ2) is 6.29. The number of nitrogens with one attached hydrogen (secondary N) is 2. The minimum Gasteiger partial charge on any atom is -0.323 e. The quantitative estimate of drug-likeness (QED) is 0.852. The highest BCUT2D eigenvalue weighted by Crippen LogP contribution is 2.29. The maximum absolute atomic E-state index is 12.9. The number of aromatic nitrogens is 3. The van der Waals surface area contributed by atoms with E-state index in [0.717, 1.165) is 24.4 Å². The topological polar surface area (TPSA) is 92.2 Å². The van der Waals surface area contributed by atoms with E-state index in [1.54, 1.807) is 17.3 Å². The van der Waals surface area contributed by atoms with E-state index in [1.165, 1.54) is 0 Å². The highest BCUT2D eigenvalue weighted by molar-refractivity contribution is 6.11. The van der Waals surface area contributed by atoms with Gasteiger partial charge in [-0.3, -0.25) is 14.5 Å². The zero-order valence-electron chi connectivity index (χ0n) is 14.0. The zero-order chi connectivity index (χ0) is 17.4. The van der Waals surface area contributed by atoms with Gasteiger partial charge < -0.3 is 10.6 Å². The molecule has 130 valence electrons. The van der Waals surface area contributed by atoms with Crippen molar-refractivity contribution >= 4 is 23.2 Å². The van der Waals surface area contributed by atoms with Crippen LogP contribution in [0.4, 0.5) is 11.4 Å². The third-order valence-electron chi connectivity index (χ3n) is 4.70. The van der Waals surface area contributed by atoms with Crippen LogP contribution in [0.25, 0.3) is 0 Å². The fourth-order valence-electron chi connectivity index (χ4n) is 3.46. The molecule has 0 saturated carbocycles. The molecule has 3 heterocycles. The molecule has 2 aliphatic heterocycles. The van der Waals surface area contributed by atoms with Crippen LogP contribution in [-0.2, 0) is 22.6 Å². The number of hydrogen-bond donors (Lipinski definition) is 2. The van der Waals surface area contributed by atoms with Crippen LogP contribution in [0.5, 0.6) is 0 Å². The second-order valence-electron chi connectivity index (χ2n) is 6.47. The van der Waals surface area contributed by atoms with Crippen molar-refractivity contribution in [2.45, 2.75) is 38.4 Å². The molecule has 2 atom stereocenters. The Hall–Kier alpha value is -2.74. The maximum atomic E-state index is 12.9. The molecule has 4 rings (SSSR count). The molecule has 0 saturated heterocycles. The first-order valence-electron chi connectivity index (χ1n) is 8.45. The molecule has 0 bridgehead atoms. The van der Waals surface area contributed by atoms with Gasteiger partial charge in [-0.25, -0.2) is 9.67 Å². The van der Waals surface area contributed by atoms with Crippen molar-refractivity contribution in [3.63, 3.8) is 0 Å². The predicted molar refractivity (Wildman–Crippen MR) is 92.2 cm³/mol. The number of anilines is 2. The molecule has 2 aromatic rings. The summed E-state index contributed by atoms with van der Waals surface area (Å²) in [5.41, 5.74) is 1.41. The summed E-state index contributed by atoms with van der Waals surface area (Å²) < 4.78 is 1.88. The van der Waals surface area contributed by atoms with E-state index in [9.17, 15) is 9.59 Å². The lowest BCUT2D eigenvalue weighted by Crippen LogP contribution is -2.53. The van der Waals surface area contributed by atoms with Crippen molar-refractivity contribution < 1.29 is 9.59 Å². The highest BCUT2D eigenvalue weighted by atomic mass is 16.2. The lowest BCUT2D eigenvalue weighted by molar-refractivity contribution is -0.123. The van der Waals surface area contributed by atoms with Gasteiger partial charge in [-0.1, -0.05) is 12.1 Å². The molecule has 0 radical (unpaired) electrons. The molecule has 0 unspecified atom stereocenters. The van der Waals surface area contributed by atoms with Crippen LogP contribution in [0, 0.1) is 0 Å². The van der Waals surface area contributed by atoms with Crippen LogP contribution >= 0.6 is 0 Å². The largest absolute Gasteiger partial charge is 0.323 e. The van der Waals surface area contributed by atoms with Crippen molar-refractivity contribution in [1.82, 2.24) is 20.1 Å². The van der Waals surface area contributed by atoms with Gasteiger partial charge >= 0.3 is 0 Å². The Morgan fingerprint density at radius 1 is 1.40 bits per heavy atom. The number of carbonyl (C=O) groups excluding carboxylic acids is 2. The number of benzene rings is 1. The van der Waals surface area contributed by atoms with E-state index in [0.29, 0.717) is 12.2 Å². The van der Waals surface area contributed by atoms with Crippen LogP contribution in [0.15, 0.2) is 30.6 Å². The van der Waals surface area contributed by atoms with Crippen molar-refractivity contribution in [2.75, 3.05) is 16.8 Å². The monoisotopic (exact) mass is 340 g/mol. The Morgan fingerprint density at radius 3 is 3.12 bits per heavy atom. The molecular formula is C17H20N6O2. The normalized spacial score (nSPS) is 20.4. The third kappa shape index (κ3) is 3.00. The van der Waals surface area contributed by atoms with Crippen molar-refractivity contribution in [2.24, 2.45) is 0 Å². The predicted octanol–water partition coefficient (Wildman–Crippen LogP) is 0.556. The molecule has 2 N–H and O–H groups in total. The van der Waals surface area contributed by atoms with Gasteiger partial charge in [-0.15, -0.1) is 0 Å². The molecule has 0 aliphatic carbocycles. The SMILES string of the molecule is C[C@@H](N[C@H]1CCc2ncnn2C1)C(=O)N1CC(=O)Nc2ccccc21. The Kier molecular flexibility index (Phi) is 3.96. The van der Waals surface area contributed by atoms with Gasteiger partial charge in [0, 0.05) is 12.5 Å². The summed E-state index contributed by atoms with van der Waals surface area (Å²) >= 11 is 0. The number of carbonyl (C=O) groups is 2. The van der Waals surface area contributed by atoms with Crippen LogP contribution in [0.2, 0.25) is 0 Å². The van der Waals surface area contributed by atoms with E-state index in [-0.39, 0.29) is 24.4 Å². The van der Waals surface area contributed by atoms with Gasteiger partial charge in [0.25, 0.3) is 0 Å². The van der Waals surface area contributed by atoms with E-state index >= 15 is 0 Å². The molecule has 1 aromatic carbocycles. The average Bonchev–Trinajstić information content (AvgIpc) is 3.08. The zero-order valence-corrected chi connectivity index (χ0v) is 14.0. The molecule has 2 aliphatic rings. The molecule has 8 heteroatoms. The minimum absolute atomic E-state index is 0.0414. The first-order valence-corrected chi connectivity index (χ1v) is 8.45. The molecule has 0 spiro atoms. The second-order valence-corrected chi connectivity index (χ2v) is 6.47. The summed E-state index contributed by atoms with van der Waals surface area (Å²) in [6.07, 6.45) is 3.32. The van der Waals surface area contributed by atoms with Crippen LogP contribution in [-0.4, -0.2) is 45.2 Å². The number of amides is 2. The minimum atomic E-state index is -0.394. The third-order valence-corrected chi connectivity index (χ3v) is 4.70. The standard InChI is InChI=1S/C17H20N6O2/c1-11(20-12-6-7-15-18-10-19-23(15)8-12)17(25)22-9-16(24)21-13-4-2-3-5-14(13)22/h2-5,10-12,20H,6-9H2,1H3,(H,21,24)/t11-,12+/m1/s1. The maximum Gasteiger partial charge on any atom is 0.244 e.